The average molecular weight is 409 g/mol. The van der Waals surface area contributed by atoms with Crippen LogP contribution >= 0.6 is 11.3 Å². The number of fused-ring (bicyclic) bond motifs is 1. The largest absolute Gasteiger partial charge is 0.452 e. The van der Waals surface area contributed by atoms with Crippen LogP contribution in [0.4, 0.5) is 10.5 Å². The van der Waals surface area contributed by atoms with Crippen molar-refractivity contribution in [2.45, 2.75) is 13.8 Å². The first-order chi connectivity index (χ1) is 13.9. The molecule has 0 aliphatic heterocycles. The number of carbonyl (C=O) groups is 3. The maximum atomic E-state index is 11.9. The van der Waals surface area contributed by atoms with Crippen LogP contribution in [0.2, 0.25) is 0 Å². The Labute approximate surface area is 171 Å². The summed E-state index contributed by atoms with van der Waals surface area (Å²) in [4.78, 5) is 39.8. The van der Waals surface area contributed by atoms with Gasteiger partial charge in [-0.1, -0.05) is 29.8 Å². The first kappa shape index (κ1) is 20.2. The summed E-state index contributed by atoms with van der Waals surface area (Å²) < 4.78 is 5.86. The van der Waals surface area contributed by atoms with E-state index < -0.39 is 24.5 Å². The number of benzene rings is 2. The van der Waals surface area contributed by atoms with E-state index in [2.05, 4.69) is 15.6 Å². The monoisotopic (exact) mass is 409 g/mol. The van der Waals surface area contributed by atoms with Crippen molar-refractivity contribution in [1.29, 1.82) is 0 Å². The van der Waals surface area contributed by atoms with Gasteiger partial charge in [-0.2, -0.15) is 0 Å². The molecule has 0 aliphatic rings. The maximum Gasteiger partial charge on any atom is 0.331 e. The van der Waals surface area contributed by atoms with Crippen LogP contribution in [0.25, 0.3) is 16.3 Å². The molecule has 0 spiro atoms. The Morgan fingerprint density at radius 2 is 1.93 bits per heavy atom. The van der Waals surface area contributed by atoms with Crippen molar-refractivity contribution in [1.82, 2.24) is 10.3 Å². The van der Waals surface area contributed by atoms with E-state index in [0.29, 0.717) is 10.7 Å². The number of imide groups is 1. The van der Waals surface area contributed by atoms with Crippen molar-refractivity contribution < 1.29 is 19.1 Å². The van der Waals surface area contributed by atoms with Gasteiger partial charge < -0.3 is 10.1 Å². The fourth-order valence-corrected chi connectivity index (χ4v) is 3.43. The van der Waals surface area contributed by atoms with E-state index in [4.69, 9.17) is 4.74 Å². The topological polar surface area (TPSA) is 97.4 Å². The van der Waals surface area contributed by atoms with Gasteiger partial charge in [0.15, 0.2) is 6.61 Å². The number of aromatic nitrogens is 1. The van der Waals surface area contributed by atoms with Crippen LogP contribution in [0.3, 0.4) is 0 Å². The minimum Gasteiger partial charge on any atom is -0.452 e. The summed E-state index contributed by atoms with van der Waals surface area (Å²) in [5.74, 6) is -1.43. The van der Waals surface area contributed by atoms with Gasteiger partial charge >= 0.3 is 12.0 Å². The molecule has 0 saturated carbocycles. The molecule has 0 aliphatic carbocycles. The van der Waals surface area contributed by atoms with E-state index in [1.165, 1.54) is 23.5 Å². The zero-order valence-corrected chi connectivity index (χ0v) is 16.7. The number of amides is 3. The Morgan fingerprint density at radius 1 is 1.14 bits per heavy atom. The molecule has 2 N–H and O–H groups in total. The minimum absolute atomic E-state index is 0.566. The first-order valence-electron chi connectivity index (χ1n) is 8.79. The van der Waals surface area contributed by atoms with Crippen LogP contribution < -0.4 is 10.6 Å². The Morgan fingerprint density at radius 3 is 2.69 bits per heavy atom. The third kappa shape index (κ3) is 5.73. The highest BCUT2D eigenvalue weighted by atomic mass is 32.1. The smallest absolute Gasteiger partial charge is 0.331 e. The van der Waals surface area contributed by atoms with Crippen molar-refractivity contribution in [3.63, 3.8) is 0 Å². The van der Waals surface area contributed by atoms with Crippen LogP contribution in [0, 0.1) is 13.8 Å². The van der Waals surface area contributed by atoms with E-state index in [9.17, 15) is 14.4 Å². The molecule has 0 radical (unpaired) electrons. The molecule has 1 aromatic heterocycles. The number of urea groups is 1. The fraction of sp³-hybridized carbons (Fsp3) is 0.143. The highest BCUT2D eigenvalue weighted by Gasteiger charge is 2.11. The Bertz CT molecular complexity index is 1070. The van der Waals surface area contributed by atoms with E-state index in [1.807, 2.05) is 50.2 Å². The number of esters is 1. The number of hydrogen-bond donors (Lipinski definition) is 2. The molecule has 7 nitrogen and oxygen atoms in total. The number of rotatable bonds is 5. The van der Waals surface area contributed by atoms with E-state index in [0.717, 1.165) is 21.3 Å². The lowest BCUT2D eigenvalue weighted by atomic mass is 10.1. The van der Waals surface area contributed by atoms with Crippen molar-refractivity contribution in [2.24, 2.45) is 0 Å². The van der Waals surface area contributed by atoms with Crippen LogP contribution in [0.5, 0.6) is 0 Å². The van der Waals surface area contributed by atoms with Crippen LogP contribution in [0.1, 0.15) is 16.1 Å². The van der Waals surface area contributed by atoms with Gasteiger partial charge in [-0.05, 0) is 43.7 Å². The van der Waals surface area contributed by atoms with Crippen molar-refractivity contribution in [2.75, 3.05) is 11.9 Å². The van der Waals surface area contributed by atoms with Gasteiger partial charge in [-0.15, -0.1) is 11.3 Å². The third-order valence-corrected chi connectivity index (χ3v) is 4.90. The molecule has 29 heavy (non-hydrogen) atoms. The quantitative estimate of drug-likeness (QED) is 0.493. The van der Waals surface area contributed by atoms with Crippen molar-refractivity contribution >= 4 is 51.2 Å². The van der Waals surface area contributed by atoms with Gasteiger partial charge in [-0.3, -0.25) is 10.1 Å². The number of nitrogens with one attached hydrogen (secondary N) is 2. The summed E-state index contributed by atoms with van der Waals surface area (Å²) in [5.41, 5.74) is 3.38. The molecule has 3 rings (SSSR count). The summed E-state index contributed by atoms with van der Waals surface area (Å²) in [6.07, 6.45) is 2.72. The molecular formula is C21H19N3O4S. The second-order valence-electron chi connectivity index (χ2n) is 6.28. The zero-order valence-electron chi connectivity index (χ0n) is 15.9. The molecular weight excluding hydrogens is 390 g/mol. The van der Waals surface area contributed by atoms with E-state index in [-0.39, 0.29) is 0 Å². The molecule has 8 heteroatoms. The maximum absolute atomic E-state index is 11.9. The van der Waals surface area contributed by atoms with Crippen LogP contribution in [-0.4, -0.2) is 29.5 Å². The molecule has 0 unspecified atom stereocenters. The minimum atomic E-state index is -0.728. The van der Waals surface area contributed by atoms with Gasteiger partial charge in [0.1, 0.15) is 5.01 Å². The summed E-state index contributed by atoms with van der Waals surface area (Å²) in [6.45, 7) is 3.23. The molecule has 3 amide bonds. The molecule has 3 aromatic rings. The van der Waals surface area contributed by atoms with Crippen molar-refractivity contribution in [3.05, 3.63) is 64.7 Å². The normalized spacial score (nSPS) is 10.8. The number of anilines is 1. The van der Waals surface area contributed by atoms with Gasteiger partial charge in [0, 0.05) is 11.8 Å². The summed E-state index contributed by atoms with van der Waals surface area (Å²) in [5, 5.41) is 5.35. The standard InChI is InChI=1S/C21H19N3O4S/c1-13-7-8-15(14(2)11-13)23-21(27)24-18(25)12-28-20(26)10-9-19-22-16-5-3-4-6-17(16)29-19/h3-11H,12H2,1-2H3,(H2,23,24,25,27)/b10-9+. The van der Waals surface area contributed by atoms with Crippen LogP contribution in [-0.2, 0) is 14.3 Å². The lowest BCUT2D eigenvalue weighted by molar-refractivity contribution is -0.143. The second-order valence-corrected chi connectivity index (χ2v) is 7.34. The number of thiazole rings is 1. The second kappa shape index (κ2) is 9.11. The molecule has 2 aromatic carbocycles. The number of carbonyl (C=O) groups excluding carboxylic acids is 3. The Kier molecular flexibility index (Phi) is 6.36. The summed E-state index contributed by atoms with van der Waals surface area (Å²) >= 11 is 1.44. The molecule has 0 saturated heterocycles. The molecule has 0 atom stereocenters. The lowest BCUT2D eigenvalue weighted by Gasteiger charge is -2.09. The van der Waals surface area contributed by atoms with Gasteiger partial charge in [-0.25, -0.2) is 14.6 Å². The SMILES string of the molecule is Cc1ccc(NC(=O)NC(=O)COC(=O)/C=C/c2nc3ccccc3s2)c(C)c1. The van der Waals surface area contributed by atoms with E-state index in [1.54, 1.807) is 6.07 Å². The van der Waals surface area contributed by atoms with Crippen molar-refractivity contribution in [3.8, 4) is 0 Å². The number of hydrogen-bond acceptors (Lipinski definition) is 6. The summed E-state index contributed by atoms with van der Waals surface area (Å²) in [6, 6.07) is 12.5. The number of aryl methyl sites for hydroxylation is 2. The van der Waals surface area contributed by atoms with E-state index >= 15 is 0 Å². The predicted molar refractivity (Wildman–Crippen MR) is 113 cm³/mol. The van der Waals surface area contributed by atoms with Gasteiger partial charge in [0.05, 0.1) is 10.2 Å². The first-order valence-corrected chi connectivity index (χ1v) is 9.61. The molecule has 0 fully saturated rings. The Hall–Kier alpha value is -3.52. The molecule has 148 valence electrons. The van der Waals surface area contributed by atoms with Gasteiger partial charge in [0.2, 0.25) is 0 Å². The summed E-state index contributed by atoms with van der Waals surface area (Å²) in [7, 11) is 0. The highest BCUT2D eigenvalue weighted by Crippen LogP contribution is 2.22. The molecule has 1 heterocycles. The lowest BCUT2D eigenvalue weighted by Crippen LogP contribution is -2.37. The number of para-hydroxylation sites is 1. The fourth-order valence-electron chi connectivity index (χ4n) is 2.56. The average Bonchev–Trinajstić information content (AvgIpc) is 3.10. The predicted octanol–water partition coefficient (Wildman–Crippen LogP) is 3.82. The number of ether oxygens (including phenoxy) is 1. The van der Waals surface area contributed by atoms with Crippen LogP contribution in [0.15, 0.2) is 48.5 Å². The third-order valence-electron chi connectivity index (χ3n) is 3.90. The van der Waals surface area contributed by atoms with Gasteiger partial charge in [0.25, 0.3) is 5.91 Å². The molecule has 0 bridgehead atoms. The Balaban J connectivity index is 1.45. The number of nitrogens with zero attached hydrogens (tertiary/aromatic N) is 1. The highest BCUT2D eigenvalue weighted by molar-refractivity contribution is 7.19. The zero-order chi connectivity index (χ0) is 20.8.